The molecule has 1 aromatic carbocycles. The number of rotatable bonds is 5. The summed E-state index contributed by atoms with van der Waals surface area (Å²) >= 11 is 5.86. The number of amides is 1. The first-order valence-electron chi connectivity index (χ1n) is 7.11. The second kappa shape index (κ2) is 8.08. The maximum Gasteiger partial charge on any atom is 0.407 e. The maximum atomic E-state index is 11.6. The van der Waals surface area contributed by atoms with Crippen molar-refractivity contribution in [2.75, 3.05) is 6.54 Å². The van der Waals surface area contributed by atoms with Gasteiger partial charge >= 0.3 is 6.09 Å². The lowest BCUT2D eigenvalue weighted by molar-refractivity contribution is 0.0532. The minimum absolute atomic E-state index is 0.344. The van der Waals surface area contributed by atoms with Crippen LogP contribution in [0.3, 0.4) is 0 Å². The fourth-order valence-electron chi connectivity index (χ4n) is 1.95. The Morgan fingerprint density at radius 2 is 1.95 bits per heavy atom. The number of hydrogen-bond donors (Lipinski definition) is 1. The molecule has 21 heavy (non-hydrogen) atoms. The summed E-state index contributed by atoms with van der Waals surface area (Å²) in [6.45, 7) is 8.05. The van der Waals surface area contributed by atoms with Crippen molar-refractivity contribution in [2.45, 2.75) is 45.6 Å². The van der Waals surface area contributed by atoms with E-state index in [2.05, 4.69) is 24.4 Å². The third-order valence-corrected chi connectivity index (χ3v) is 3.26. The van der Waals surface area contributed by atoms with E-state index in [4.69, 9.17) is 16.3 Å². The van der Waals surface area contributed by atoms with E-state index in [1.165, 1.54) is 11.1 Å². The van der Waals surface area contributed by atoms with Crippen molar-refractivity contribution in [1.29, 1.82) is 0 Å². The summed E-state index contributed by atoms with van der Waals surface area (Å²) in [6, 6.07) is 10.2. The van der Waals surface area contributed by atoms with Gasteiger partial charge in [0.05, 0.1) is 0 Å². The molecule has 116 valence electrons. The molecule has 0 aliphatic rings. The summed E-state index contributed by atoms with van der Waals surface area (Å²) in [5.74, 6) is 0.344. The number of alkyl carbamates (subject to hydrolysis) is 1. The number of benzene rings is 1. The molecule has 1 amide bonds. The molecule has 0 saturated heterocycles. The van der Waals surface area contributed by atoms with Crippen LogP contribution in [-0.2, 0) is 4.74 Å². The Kier molecular flexibility index (Phi) is 6.76. The van der Waals surface area contributed by atoms with E-state index in [0.29, 0.717) is 12.5 Å². The summed E-state index contributed by atoms with van der Waals surface area (Å²) in [5, 5.41) is 2.73. The summed E-state index contributed by atoms with van der Waals surface area (Å²) in [7, 11) is 0. The van der Waals surface area contributed by atoms with E-state index in [9.17, 15) is 4.79 Å². The molecule has 1 atom stereocenters. The van der Waals surface area contributed by atoms with Crippen LogP contribution in [0.15, 0.2) is 41.4 Å². The number of carbonyl (C=O) groups excluding carboxylic acids is 1. The highest BCUT2D eigenvalue weighted by atomic mass is 35.5. The third kappa shape index (κ3) is 7.19. The lowest BCUT2D eigenvalue weighted by Crippen LogP contribution is -2.33. The zero-order chi connectivity index (χ0) is 15.9. The Balaban J connectivity index is 2.48. The van der Waals surface area contributed by atoms with E-state index in [0.717, 1.165) is 12.0 Å². The molecule has 0 radical (unpaired) electrons. The van der Waals surface area contributed by atoms with Gasteiger partial charge in [0.1, 0.15) is 5.60 Å². The van der Waals surface area contributed by atoms with Gasteiger partial charge in [-0.05, 0) is 44.2 Å². The average molecular weight is 310 g/mol. The molecule has 4 heteroatoms. The van der Waals surface area contributed by atoms with Crippen LogP contribution in [0.4, 0.5) is 4.79 Å². The molecule has 0 heterocycles. The van der Waals surface area contributed by atoms with Gasteiger partial charge in [-0.25, -0.2) is 4.79 Å². The van der Waals surface area contributed by atoms with Crippen molar-refractivity contribution < 1.29 is 9.53 Å². The van der Waals surface area contributed by atoms with Gasteiger partial charge in [0, 0.05) is 12.1 Å². The van der Waals surface area contributed by atoms with E-state index in [1.54, 1.807) is 0 Å². The zero-order valence-electron chi connectivity index (χ0n) is 13.2. The molecule has 0 aliphatic carbocycles. The lowest BCUT2D eigenvalue weighted by atomic mass is 9.94. The van der Waals surface area contributed by atoms with Crippen LogP contribution in [0.5, 0.6) is 0 Å². The molecule has 3 nitrogen and oxygen atoms in total. The van der Waals surface area contributed by atoms with Crippen molar-refractivity contribution >= 4 is 17.7 Å². The van der Waals surface area contributed by atoms with Gasteiger partial charge in [-0.3, -0.25) is 0 Å². The second-order valence-corrected chi connectivity index (χ2v) is 6.36. The van der Waals surface area contributed by atoms with E-state index >= 15 is 0 Å². The van der Waals surface area contributed by atoms with Crippen molar-refractivity contribution in [2.24, 2.45) is 0 Å². The van der Waals surface area contributed by atoms with Crippen LogP contribution >= 0.6 is 11.6 Å². The monoisotopic (exact) mass is 309 g/mol. The fourth-order valence-corrected chi connectivity index (χ4v) is 2.11. The van der Waals surface area contributed by atoms with Crippen LogP contribution in [0.2, 0.25) is 0 Å². The molecule has 1 rings (SSSR count). The van der Waals surface area contributed by atoms with Crippen molar-refractivity contribution in [1.82, 2.24) is 5.32 Å². The maximum absolute atomic E-state index is 11.6. The average Bonchev–Trinajstić information content (AvgIpc) is 2.42. The van der Waals surface area contributed by atoms with Crippen molar-refractivity contribution in [3.8, 4) is 0 Å². The van der Waals surface area contributed by atoms with Gasteiger partial charge in [-0.1, -0.05) is 48.9 Å². The SMILES string of the molecule is CC(CC(=CCl)CNC(=O)OC(C)(C)C)c1ccccc1. The highest BCUT2D eigenvalue weighted by molar-refractivity contribution is 6.25. The van der Waals surface area contributed by atoms with Gasteiger partial charge in [0.15, 0.2) is 0 Å². The van der Waals surface area contributed by atoms with Gasteiger partial charge in [-0.2, -0.15) is 0 Å². The molecule has 0 fully saturated rings. The first-order valence-corrected chi connectivity index (χ1v) is 7.55. The fraction of sp³-hybridized carbons (Fsp3) is 0.471. The highest BCUT2D eigenvalue weighted by Gasteiger charge is 2.16. The Labute approximate surface area is 132 Å². The molecule has 1 N–H and O–H groups in total. The predicted octanol–water partition coefficient (Wildman–Crippen LogP) is 4.83. The van der Waals surface area contributed by atoms with Crippen LogP contribution < -0.4 is 5.32 Å². The second-order valence-electron chi connectivity index (χ2n) is 6.14. The quantitative estimate of drug-likeness (QED) is 0.846. The number of ether oxygens (including phenoxy) is 1. The first-order chi connectivity index (χ1) is 9.81. The molecule has 1 aromatic rings. The molecule has 1 unspecified atom stereocenters. The largest absolute Gasteiger partial charge is 0.444 e. The summed E-state index contributed by atoms with van der Waals surface area (Å²) in [6.07, 6.45) is 0.370. The van der Waals surface area contributed by atoms with Gasteiger partial charge < -0.3 is 10.1 Å². The van der Waals surface area contributed by atoms with Crippen LogP contribution in [-0.4, -0.2) is 18.2 Å². The predicted molar refractivity (Wildman–Crippen MR) is 87.6 cm³/mol. The number of nitrogens with one attached hydrogen (secondary N) is 1. The molecule has 0 aromatic heterocycles. The smallest absolute Gasteiger partial charge is 0.407 e. The van der Waals surface area contributed by atoms with E-state index in [1.807, 2.05) is 39.0 Å². The van der Waals surface area contributed by atoms with Gasteiger partial charge in [0.25, 0.3) is 0 Å². The minimum atomic E-state index is -0.494. The summed E-state index contributed by atoms with van der Waals surface area (Å²) in [4.78, 5) is 11.6. The first kappa shape index (κ1) is 17.6. The Hall–Kier alpha value is -1.48. The number of carbonyl (C=O) groups is 1. The molecule has 0 saturated carbocycles. The number of halogens is 1. The summed E-state index contributed by atoms with van der Waals surface area (Å²) < 4.78 is 5.20. The summed E-state index contributed by atoms with van der Waals surface area (Å²) in [5.41, 5.74) is 3.27. The normalized spacial score (nSPS) is 13.7. The van der Waals surface area contributed by atoms with Crippen LogP contribution in [0.25, 0.3) is 0 Å². The molecule has 0 spiro atoms. The van der Waals surface area contributed by atoms with Crippen LogP contribution in [0, 0.1) is 0 Å². The Morgan fingerprint density at radius 3 is 2.48 bits per heavy atom. The standard InChI is InChI=1S/C17H24ClNO2/c1-13(15-8-6-5-7-9-15)10-14(11-18)12-19-16(20)21-17(2,3)4/h5-9,11,13H,10,12H2,1-4H3,(H,19,20). The van der Waals surface area contributed by atoms with E-state index in [-0.39, 0.29) is 0 Å². The molecule has 0 aliphatic heterocycles. The van der Waals surface area contributed by atoms with Crippen molar-refractivity contribution in [3.05, 3.63) is 47.0 Å². The van der Waals surface area contributed by atoms with Crippen molar-refractivity contribution in [3.63, 3.8) is 0 Å². The third-order valence-electron chi connectivity index (χ3n) is 2.95. The van der Waals surface area contributed by atoms with Gasteiger partial charge in [-0.15, -0.1) is 0 Å². The molecular formula is C17H24ClNO2. The molecule has 0 bridgehead atoms. The lowest BCUT2D eigenvalue weighted by Gasteiger charge is -2.20. The van der Waals surface area contributed by atoms with Crippen LogP contribution in [0.1, 0.15) is 45.6 Å². The Morgan fingerprint density at radius 1 is 1.33 bits per heavy atom. The Bertz CT molecular complexity index is 477. The minimum Gasteiger partial charge on any atom is -0.444 e. The van der Waals surface area contributed by atoms with Gasteiger partial charge in [0.2, 0.25) is 0 Å². The zero-order valence-corrected chi connectivity index (χ0v) is 13.9. The topological polar surface area (TPSA) is 38.3 Å². The number of hydrogen-bond acceptors (Lipinski definition) is 2. The van der Waals surface area contributed by atoms with E-state index < -0.39 is 11.7 Å². The highest BCUT2D eigenvalue weighted by Crippen LogP contribution is 2.23. The molecular weight excluding hydrogens is 286 g/mol.